The van der Waals surface area contributed by atoms with Gasteiger partial charge in [-0.2, -0.15) is 0 Å². The Morgan fingerprint density at radius 2 is 1.67 bits per heavy atom. The van der Waals surface area contributed by atoms with Crippen LogP contribution in [0.4, 0.5) is 5.69 Å². The van der Waals surface area contributed by atoms with E-state index in [-0.39, 0.29) is 17.9 Å². The molecule has 0 saturated carbocycles. The molecule has 1 aromatic carbocycles. The van der Waals surface area contributed by atoms with E-state index in [0.29, 0.717) is 0 Å². The number of nitrogens with zero attached hydrogens (tertiary/aromatic N) is 2. The van der Waals surface area contributed by atoms with Gasteiger partial charge in [0, 0.05) is 24.7 Å². The molecule has 4 heteroatoms. The van der Waals surface area contributed by atoms with E-state index in [0.717, 1.165) is 25.9 Å². The van der Waals surface area contributed by atoms with Gasteiger partial charge in [0.05, 0.1) is 6.04 Å². The molecule has 2 saturated heterocycles. The van der Waals surface area contributed by atoms with Gasteiger partial charge in [0.15, 0.2) is 0 Å². The highest BCUT2D eigenvalue weighted by atomic mass is 16.1. The molecule has 24 heavy (non-hydrogen) atoms. The van der Waals surface area contributed by atoms with Crippen molar-refractivity contribution in [3.63, 3.8) is 0 Å². The summed E-state index contributed by atoms with van der Waals surface area (Å²) in [5, 5.41) is 3.21. The summed E-state index contributed by atoms with van der Waals surface area (Å²) in [5.41, 5.74) is 2.50. The number of rotatable bonds is 4. The lowest BCUT2D eigenvalue weighted by Crippen LogP contribution is -2.39. The van der Waals surface area contributed by atoms with Gasteiger partial charge in [0.25, 0.3) is 0 Å². The van der Waals surface area contributed by atoms with Crippen molar-refractivity contribution in [2.45, 2.75) is 45.1 Å². The molecule has 1 aromatic rings. The predicted molar refractivity (Wildman–Crippen MR) is 99.3 cm³/mol. The van der Waals surface area contributed by atoms with Gasteiger partial charge in [0.2, 0.25) is 5.91 Å². The molecular weight excluding hydrogens is 298 g/mol. The van der Waals surface area contributed by atoms with Crippen LogP contribution in [-0.2, 0) is 4.79 Å². The molecule has 1 amide bonds. The van der Waals surface area contributed by atoms with Crippen LogP contribution < -0.4 is 10.2 Å². The maximum Gasteiger partial charge on any atom is 0.223 e. The maximum absolute atomic E-state index is 12.5. The largest absolute Gasteiger partial charge is 0.372 e. The number of hydrogen-bond donors (Lipinski definition) is 1. The van der Waals surface area contributed by atoms with Crippen LogP contribution in [0.1, 0.15) is 50.6 Å². The highest BCUT2D eigenvalue weighted by Gasteiger charge is 2.24. The van der Waals surface area contributed by atoms with E-state index in [1.54, 1.807) is 0 Å². The van der Waals surface area contributed by atoms with Gasteiger partial charge in [-0.25, -0.2) is 0 Å². The zero-order valence-electron chi connectivity index (χ0n) is 15.1. The summed E-state index contributed by atoms with van der Waals surface area (Å²) in [6.45, 7) is 6.47. The topological polar surface area (TPSA) is 35.6 Å². The quantitative estimate of drug-likeness (QED) is 0.921. The van der Waals surface area contributed by atoms with Crippen LogP contribution in [-0.4, -0.2) is 44.0 Å². The number of piperidine rings is 2. The third-order valence-corrected chi connectivity index (χ3v) is 5.56. The molecule has 3 rings (SSSR count). The fourth-order valence-electron chi connectivity index (χ4n) is 3.81. The number of likely N-dealkylation sites (tertiary alicyclic amines) is 1. The highest BCUT2D eigenvalue weighted by Crippen LogP contribution is 2.23. The molecule has 2 fully saturated rings. The summed E-state index contributed by atoms with van der Waals surface area (Å²) in [7, 11) is 2.13. The van der Waals surface area contributed by atoms with Crippen LogP contribution in [0.5, 0.6) is 0 Å². The van der Waals surface area contributed by atoms with Crippen LogP contribution in [0.3, 0.4) is 0 Å². The molecule has 2 heterocycles. The molecule has 0 aromatic heterocycles. The Hall–Kier alpha value is -1.55. The van der Waals surface area contributed by atoms with Gasteiger partial charge in [-0.15, -0.1) is 0 Å². The molecular formula is C20H31N3O. The third kappa shape index (κ3) is 4.29. The van der Waals surface area contributed by atoms with Crippen LogP contribution in [0.2, 0.25) is 0 Å². The van der Waals surface area contributed by atoms with E-state index in [4.69, 9.17) is 0 Å². The van der Waals surface area contributed by atoms with Crippen LogP contribution in [0.25, 0.3) is 0 Å². The van der Waals surface area contributed by atoms with Crippen molar-refractivity contribution < 1.29 is 4.79 Å². The molecule has 4 nitrogen and oxygen atoms in total. The second kappa shape index (κ2) is 8.02. The van der Waals surface area contributed by atoms with Crippen molar-refractivity contribution in [1.29, 1.82) is 0 Å². The van der Waals surface area contributed by atoms with Gasteiger partial charge in [0.1, 0.15) is 0 Å². The lowest BCUT2D eigenvalue weighted by atomic mass is 9.95. The first-order valence-corrected chi connectivity index (χ1v) is 9.47. The zero-order chi connectivity index (χ0) is 16.9. The van der Waals surface area contributed by atoms with Crippen molar-refractivity contribution in [2.24, 2.45) is 5.92 Å². The Morgan fingerprint density at radius 3 is 2.29 bits per heavy atom. The third-order valence-electron chi connectivity index (χ3n) is 5.56. The lowest BCUT2D eigenvalue weighted by Gasteiger charge is -2.30. The zero-order valence-corrected chi connectivity index (χ0v) is 15.1. The van der Waals surface area contributed by atoms with Crippen molar-refractivity contribution in [2.75, 3.05) is 38.1 Å². The fourth-order valence-corrected chi connectivity index (χ4v) is 3.81. The number of benzene rings is 1. The maximum atomic E-state index is 12.5. The Labute approximate surface area is 146 Å². The summed E-state index contributed by atoms with van der Waals surface area (Å²) in [5.74, 6) is 0.395. The van der Waals surface area contributed by atoms with Gasteiger partial charge < -0.3 is 15.1 Å². The van der Waals surface area contributed by atoms with E-state index >= 15 is 0 Å². The molecule has 2 aliphatic heterocycles. The first-order chi connectivity index (χ1) is 11.6. The average molecular weight is 329 g/mol. The number of hydrogen-bond acceptors (Lipinski definition) is 3. The monoisotopic (exact) mass is 329 g/mol. The summed E-state index contributed by atoms with van der Waals surface area (Å²) in [4.78, 5) is 17.2. The molecule has 132 valence electrons. The average Bonchev–Trinajstić information content (AvgIpc) is 2.63. The van der Waals surface area contributed by atoms with Gasteiger partial charge in [-0.3, -0.25) is 4.79 Å². The number of carbonyl (C=O) groups excluding carboxylic acids is 1. The number of nitrogens with one attached hydrogen (secondary N) is 1. The van der Waals surface area contributed by atoms with Gasteiger partial charge in [-0.05, 0) is 76.9 Å². The first-order valence-electron chi connectivity index (χ1n) is 9.47. The number of carbonyl (C=O) groups is 1. The second-order valence-corrected chi connectivity index (χ2v) is 7.45. The molecule has 1 atom stereocenters. The molecule has 0 spiro atoms. The van der Waals surface area contributed by atoms with Gasteiger partial charge in [-0.1, -0.05) is 12.1 Å². The van der Waals surface area contributed by atoms with E-state index in [2.05, 4.69) is 53.4 Å². The first kappa shape index (κ1) is 17.3. The normalized spacial score (nSPS) is 21.5. The van der Waals surface area contributed by atoms with Crippen molar-refractivity contribution in [3.05, 3.63) is 29.8 Å². The summed E-state index contributed by atoms with van der Waals surface area (Å²) in [6, 6.07) is 8.83. The van der Waals surface area contributed by atoms with E-state index in [1.165, 1.54) is 43.6 Å². The molecule has 0 bridgehead atoms. The lowest BCUT2D eigenvalue weighted by molar-refractivity contribution is -0.127. The van der Waals surface area contributed by atoms with Crippen LogP contribution in [0.15, 0.2) is 24.3 Å². The molecule has 0 aliphatic carbocycles. The van der Waals surface area contributed by atoms with E-state index in [1.807, 2.05) is 0 Å². The minimum Gasteiger partial charge on any atom is -0.372 e. The number of anilines is 1. The molecule has 2 aliphatic rings. The minimum absolute atomic E-state index is 0.0764. The molecule has 0 unspecified atom stereocenters. The highest BCUT2D eigenvalue weighted by molar-refractivity contribution is 5.79. The Balaban J connectivity index is 1.54. The van der Waals surface area contributed by atoms with Crippen molar-refractivity contribution in [1.82, 2.24) is 10.2 Å². The van der Waals surface area contributed by atoms with E-state index < -0.39 is 0 Å². The summed E-state index contributed by atoms with van der Waals surface area (Å²) >= 11 is 0. The Morgan fingerprint density at radius 1 is 1.04 bits per heavy atom. The SMILES string of the molecule is C[C@H](NC(=O)C1CCN(C)CC1)c1ccc(N2CCCCC2)cc1. The number of amides is 1. The fraction of sp³-hybridized carbons (Fsp3) is 0.650. The second-order valence-electron chi connectivity index (χ2n) is 7.45. The standard InChI is InChI=1S/C20H31N3O/c1-16(21-20(24)18-10-14-22(2)15-11-18)17-6-8-19(9-7-17)23-12-4-3-5-13-23/h6-9,16,18H,3-5,10-15H2,1-2H3,(H,21,24)/t16-/m0/s1. The van der Waals surface area contributed by atoms with Crippen LogP contribution in [0, 0.1) is 5.92 Å². The molecule has 1 N–H and O–H groups in total. The van der Waals surface area contributed by atoms with Crippen molar-refractivity contribution >= 4 is 11.6 Å². The minimum atomic E-state index is 0.0764. The summed E-state index contributed by atoms with van der Waals surface area (Å²) in [6.07, 6.45) is 5.90. The molecule has 0 radical (unpaired) electrons. The van der Waals surface area contributed by atoms with Gasteiger partial charge >= 0.3 is 0 Å². The summed E-state index contributed by atoms with van der Waals surface area (Å²) < 4.78 is 0. The van der Waals surface area contributed by atoms with Crippen LogP contribution >= 0.6 is 0 Å². The Bertz CT molecular complexity index is 528. The van der Waals surface area contributed by atoms with E-state index in [9.17, 15) is 4.79 Å². The predicted octanol–water partition coefficient (Wildman–Crippen LogP) is 3.20. The smallest absolute Gasteiger partial charge is 0.223 e. The Kier molecular flexibility index (Phi) is 5.77. The van der Waals surface area contributed by atoms with Crippen molar-refractivity contribution in [3.8, 4) is 0 Å².